The van der Waals surface area contributed by atoms with Crippen molar-refractivity contribution in [3.63, 3.8) is 0 Å². The number of rotatable bonds is 4. The summed E-state index contributed by atoms with van der Waals surface area (Å²) in [5, 5.41) is 11.2. The van der Waals surface area contributed by atoms with E-state index in [1.54, 1.807) is 24.3 Å². The number of hydrogen-bond donors (Lipinski definition) is 2. The molecule has 0 heterocycles. The number of aliphatic hydroxyl groups is 1. The Morgan fingerprint density at radius 1 is 1.33 bits per heavy atom. The maximum atomic E-state index is 11.5. The van der Waals surface area contributed by atoms with Gasteiger partial charge in [0.15, 0.2) is 4.33 Å². The van der Waals surface area contributed by atoms with Gasteiger partial charge in [-0.2, -0.15) is 0 Å². The fraction of sp³-hybridized carbons (Fsp3) is 0.300. The highest BCUT2D eigenvalue weighted by atomic mass is 35.5. The number of carbonyl (C=O) groups is 1. The Morgan fingerprint density at radius 2 is 1.93 bits per heavy atom. The predicted octanol–water partition coefficient (Wildman–Crippen LogP) is 2.18. The second kappa shape index (κ2) is 5.35. The fourth-order valence-electron chi connectivity index (χ4n) is 0.998. The molecular formula is C10H11Cl2NO2. The van der Waals surface area contributed by atoms with Crippen molar-refractivity contribution in [3.8, 4) is 0 Å². The molecule has 1 amide bonds. The lowest BCUT2D eigenvalue weighted by Crippen LogP contribution is -2.33. The van der Waals surface area contributed by atoms with Gasteiger partial charge in [-0.25, -0.2) is 0 Å². The van der Waals surface area contributed by atoms with Crippen LogP contribution in [0.25, 0.3) is 0 Å². The number of para-hydroxylation sites is 1. The van der Waals surface area contributed by atoms with E-state index < -0.39 is 10.2 Å². The Hall–Kier alpha value is -0.770. The first-order valence-corrected chi connectivity index (χ1v) is 5.17. The van der Waals surface area contributed by atoms with Crippen LogP contribution in [0.15, 0.2) is 30.3 Å². The molecule has 0 saturated heterocycles. The van der Waals surface area contributed by atoms with Gasteiger partial charge in [-0.3, -0.25) is 4.79 Å². The second-order valence-electron chi connectivity index (χ2n) is 3.00. The third-order valence-corrected chi connectivity index (χ3v) is 2.51. The fourth-order valence-corrected chi connectivity index (χ4v) is 1.26. The summed E-state index contributed by atoms with van der Waals surface area (Å²) in [5.41, 5.74) is 0.617. The van der Waals surface area contributed by atoms with Gasteiger partial charge in [-0.15, -0.1) is 0 Å². The molecule has 15 heavy (non-hydrogen) atoms. The molecule has 0 aromatic heterocycles. The maximum absolute atomic E-state index is 11.5. The van der Waals surface area contributed by atoms with E-state index in [2.05, 4.69) is 5.32 Å². The van der Waals surface area contributed by atoms with Gasteiger partial charge in [0, 0.05) is 18.7 Å². The van der Waals surface area contributed by atoms with Crippen LogP contribution in [0.3, 0.4) is 0 Å². The summed E-state index contributed by atoms with van der Waals surface area (Å²) in [4.78, 5) is 11.5. The summed E-state index contributed by atoms with van der Waals surface area (Å²) >= 11 is 11.5. The van der Waals surface area contributed by atoms with Crippen molar-refractivity contribution in [2.75, 3.05) is 11.9 Å². The second-order valence-corrected chi connectivity index (χ2v) is 4.48. The highest BCUT2D eigenvalue weighted by Crippen LogP contribution is 2.26. The van der Waals surface area contributed by atoms with Crippen LogP contribution >= 0.6 is 23.2 Å². The standard InChI is InChI=1S/C10H11Cl2NO2/c11-10(12,6-7-14)9(15)13-8-4-2-1-3-5-8/h1-5,14H,6-7H2,(H,13,15). The van der Waals surface area contributed by atoms with Crippen molar-refractivity contribution in [2.24, 2.45) is 0 Å². The van der Waals surface area contributed by atoms with E-state index in [1.165, 1.54) is 0 Å². The SMILES string of the molecule is O=C(Nc1ccccc1)C(Cl)(Cl)CCO. The Labute approximate surface area is 98.0 Å². The molecule has 2 N–H and O–H groups in total. The van der Waals surface area contributed by atoms with Crippen LogP contribution < -0.4 is 5.32 Å². The zero-order valence-corrected chi connectivity index (χ0v) is 9.42. The number of halogens is 2. The minimum Gasteiger partial charge on any atom is -0.396 e. The Kier molecular flexibility index (Phi) is 4.39. The van der Waals surface area contributed by atoms with Gasteiger partial charge in [0.1, 0.15) is 0 Å². The summed E-state index contributed by atoms with van der Waals surface area (Å²) in [6.07, 6.45) is -0.00518. The number of benzene rings is 1. The molecule has 0 atom stereocenters. The molecule has 0 radical (unpaired) electrons. The summed E-state index contributed by atoms with van der Waals surface area (Å²) in [6.45, 7) is -0.241. The van der Waals surface area contributed by atoms with Crippen LogP contribution in [0, 0.1) is 0 Å². The summed E-state index contributed by atoms with van der Waals surface area (Å²) in [6, 6.07) is 8.84. The lowest BCUT2D eigenvalue weighted by Gasteiger charge is -2.17. The van der Waals surface area contributed by atoms with Crippen LogP contribution in [-0.4, -0.2) is 22.0 Å². The Morgan fingerprint density at radius 3 is 2.47 bits per heavy atom. The van der Waals surface area contributed by atoms with Gasteiger partial charge in [0.25, 0.3) is 5.91 Å². The zero-order valence-electron chi connectivity index (χ0n) is 7.91. The van der Waals surface area contributed by atoms with Crippen LogP contribution in [0.1, 0.15) is 6.42 Å². The van der Waals surface area contributed by atoms with Crippen molar-refractivity contribution < 1.29 is 9.90 Å². The van der Waals surface area contributed by atoms with Crippen LogP contribution in [-0.2, 0) is 4.79 Å². The number of amides is 1. The van der Waals surface area contributed by atoms with Gasteiger partial charge < -0.3 is 10.4 Å². The number of hydrogen-bond acceptors (Lipinski definition) is 2. The van der Waals surface area contributed by atoms with Crippen LogP contribution in [0.5, 0.6) is 0 Å². The molecule has 0 aliphatic heterocycles. The predicted molar refractivity (Wildman–Crippen MR) is 61.2 cm³/mol. The van der Waals surface area contributed by atoms with Gasteiger partial charge in [0.2, 0.25) is 0 Å². The number of anilines is 1. The number of alkyl halides is 2. The van der Waals surface area contributed by atoms with Crippen LogP contribution in [0.4, 0.5) is 5.69 Å². The minimum atomic E-state index is -1.59. The lowest BCUT2D eigenvalue weighted by molar-refractivity contribution is -0.117. The summed E-state index contributed by atoms with van der Waals surface area (Å²) in [5.74, 6) is -0.536. The highest BCUT2D eigenvalue weighted by Gasteiger charge is 2.32. The molecule has 0 aliphatic carbocycles. The first kappa shape index (κ1) is 12.3. The molecule has 0 saturated carbocycles. The van der Waals surface area contributed by atoms with Gasteiger partial charge in [0.05, 0.1) is 0 Å². The Bertz CT molecular complexity index is 327. The molecule has 1 aromatic rings. The maximum Gasteiger partial charge on any atom is 0.260 e. The average Bonchev–Trinajstić information content (AvgIpc) is 2.19. The van der Waals surface area contributed by atoms with E-state index in [-0.39, 0.29) is 13.0 Å². The monoisotopic (exact) mass is 247 g/mol. The molecule has 0 aliphatic rings. The summed E-state index contributed by atoms with van der Waals surface area (Å²) < 4.78 is -1.59. The van der Waals surface area contributed by atoms with E-state index in [0.717, 1.165) is 0 Å². The normalized spacial score (nSPS) is 11.1. The third-order valence-electron chi connectivity index (χ3n) is 1.79. The number of nitrogens with one attached hydrogen (secondary N) is 1. The average molecular weight is 248 g/mol. The van der Waals surface area contributed by atoms with Gasteiger partial charge in [-0.1, -0.05) is 41.4 Å². The minimum absolute atomic E-state index is 0.00518. The van der Waals surface area contributed by atoms with Crippen molar-refractivity contribution in [1.29, 1.82) is 0 Å². The Balaban J connectivity index is 2.63. The van der Waals surface area contributed by atoms with Crippen LogP contribution in [0.2, 0.25) is 0 Å². The lowest BCUT2D eigenvalue weighted by atomic mass is 10.2. The molecule has 0 fully saturated rings. The quantitative estimate of drug-likeness (QED) is 0.802. The van der Waals surface area contributed by atoms with E-state index >= 15 is 0 Å². The third kappa shape index (κ3) is 3.70. The molecule has 3 nitrogen and oxygen atoms in total. The van der Waals surface area contributed by atoms with Crippen molar-refractivity contribution in [2.45, 2.75) is 10.8 Å². The molecule has 0 spiro atoms. The zero-order chi connectivity index (χ0) is 11.3. The molecule has 1 rings (SSSR count). The van der Waals surface area contributed by atoms with Gasteiger partial charge >= 0.3 is 0 Å². The molecule has 5 heteroatoms. The molecule has 0 bridgehead atoms. The number of carbonyl (C=O) groups excluding carboxylic acids is 1. The topological polar surface area (TPSA) is 49.3 Å². The van der Waals surface area contributed by atoms with Crippen molar-refractivity contribution in [3.05, 3.63) is 30.3 Å². The van der Waals surface area contributed by atoms with E-state index in [9.17, 15) is 4.79 Å². The molecule has 1 aromatic carbocycles. The first-order valence-electron chi connectivity index (χ1n) is 4.41. The molecule has 82 valence electrons. The largest absolute Gasteiger partial charge is 0.396 e. The van der Waals surface area contributed by atoms with E-state index in [1.807, 2.05) is 6.07 Å². The van der Waals surface area contributed by atoms with Crippen molar-refractivity contribution in [1.82, 2.24) is 0 Å². The smallest absolute Gasteiger partial charge is 0.260 e. The molecule has 0 unspecified atom stereocenters. The molecular weight excluding hydrogens is 237 g/mol. The first-order chi connectivity index (χ1) is 7.06. The van der Waals surface area contributed by atoms with Gasteiger partial charge in [-0.05, 0) is 12.1 Å². The van der Waals surface area contributed by atoms with Crippen molar-refractivity contribution >= 4 is 34.8 Å². The van der Waals surface area contributed by atoms with E-state index in [0.29, 0.717) is 5.69 Å². The summed E-state index contributed by atoms with van der Waals surface area (Å²) in [7, 11) is 0. The van der Waals surface area contributed by atoms with E-state index in [4.69, 9.17) is 28.3 Å². The number of aliphatic hydroxyl groups excluding tert-OH is 1. The highest BCUT2D eigenvalue weighted by molar-refractivity contribution is 6.59.